The van der Waals surface area contributed by atoms with Gasteiger partial charge in [-0.05, 0) is 31.6 Å². The Labute approximate surface area is 101 Å². The lowest BCUT2D eigenvalue weighted by Gasteiger charge is -2.08. The van der Waals surface area contributed by atoms with E-state index in [0.717, 1.165) is 30.7 Å². The molecule has 2 aliphatic carbocycles. The molecule has 1 N–H and O–H groups in total. The lowest BCUT2D eigenvalue weighted by Crippen LogP contribution is -2.19. The molecule has 0 aromatic carbocycles. The first-order chi connectivity index (χ1) is 8.36. The molecule has 5 nitrogen and oxygen atoms in total. The quantitative estimate of drug-likeness (QED) is 0.778. The van der Waals surface area contributed by atoms with Crippen LogP contribution in [-0.2, 0) is 11.2 Å². The van der Waals surface area contributed by atoms with Gasteiger partial charge < -0.3 is 14.6 Å². The highest BCUT2D eigenvalue weighted by Gasteiger charge is 2.35. The van der Waals surface area contributed by atoms with Crippen LogP contribution in [0.4, 0.5) is 0 Å². The zero-order valence-electron chi connectivity index (χ0n) is 10.2. The van der Waals surface area contributed by atoms with Crippen molar-refractivity contribution in [3.63, 3.8) is 0 Å². The van der Waals surface area contributed by atoms with Crippen molar-refractivity contribution in [3.8, 4) is 0 Å². The summed E-state index contributed by atoms with van der Waals surface area (Å²) in [5.74, 6) is 2.03. The molecule has 1 aromatic heterocycles. The third-order valence-corrected chi connectivity index (χ3v) is 3.39. The average Bonchev–Trinajstić information content (AvgIpc) is 3.22. The zero-order chi connectivity index (χ0) is 11.7. The van der Waals surface area contributed by atoms with E-state index in [1.807, 2.05) is 0 Å². The van der Waals surface area contributed by atoms with E-state index in [2.05, 4.69) is 15.5 Å². The van der Waals surface area contributed by atoms with Crippen LogP contribution in [0.25, 0.3) is 0 Å². The van der Waals surface area contributed by atoms with Gasteiger partial charge in [-0.2, -0.15) is 4.98 Å². The third-order valence-electron chi connectivity index (χ3n) is 3.39. The van der Waals surface area contributed by atoms with E-state index >= 15 is 0 Å². The Morgan fingerprint density at radius 1 is 1.41 bits per heavy atom. The highest BCUT2D eigenvalue weighted by Crippen LogP contribution is 2.41. The monoisotopic (exact) mass is 237 g/mol. The molecule has 5 heteroatoms. The maximum absolute atomic E-state index is 5.43. The maximum atomic E-state index is 5.43. The smallest absolute Gasteiger partial charge is 0.228 e. The number of rotatable bonds is 7. The van der Waals surface area contributed by atoms with Crippen LogP contribution in [0.5, 0.6) is 0 Å². The largest absolute Gasteiger partial charge is 0.373 e. The van der Waals surface area contributed by atoms with Gasteiger partial charge >= 0.3 is 0 Å². The molecule has 1 atom stereocenters. The molecular weight excluding hydrogens is 218 g/mol. The second-order valence-corrected chi connectivity index (χ2v) is 5.02. The van der Waals surface area contributed by atoms with Crippen LogP contribution in [0.2, 0.25) is 0 Å². The fourth-order valence-electron chi connectivity index (χ4n) is 2.06. The van der Waals surface area contributed by atoms with E-state index in [1.54, 1.807) is 7.11 Å². The van der Waals surface area contributed by atoms with Crippen LogP contribution in [0, 0.1) is 5.92 Å². The molecule has 17 heavy (non-hydrogen) atoms. The first-order valence-corrected chi connectivity index (χ1v) is 6.45. The number of hydrogen-bond donors (Lipinski definition) is 1. The van der Waals surface area contributed by atoms with Gasteiger partial charge in [0.15, 0.2) is 0 Å². The number of nitrogens with one attached hydrogen (secondary N) is 1. The number of aromatic nitrogens is 2. The van der Waals surface area contributed by atoms with Gasteiger partial charge in [-0.25, -0.2) is 0 Å². The number of methoxy groups -OCH3 is 1. The Balaban J connectivity index is 1.52. The third kappa shape index (κ3) is 2.84. The normalized spacial score (nSPS) is 21.7. The highest BCUT2D eigenvalue weighted by atomic mass is 16.5. The van der Waals surface area contributed by atoms with Crippen molar-refractivity contribution in [1.29, 1.82) is 0 Å². The zero-order valence-corrected chi connectivity index (χ0v) is 10.2. The lowest BCUT2D eigenvalue weighted by molar-refractivity contribution is 0.0751. The summed E-state index contributed by atoms with van der Waals surface area (Å²) in [6.45, 7) is 0.924. The Bertz CT molecular complexity index is 372. The average molecular weight is 237 g/mol. The minimum Gasteiger partial charge on any atom is -0.373 e. The number of ether oxygens (including phenoxy) is 1. The molecule has 0 saturated heterocycles. The SMILES string of the molecule is COC(c1noc(CCNC2CC2)n1)C1CC1. The van der Waals surface area contributed by atoms with Gasteiger partial charge in [0.25, 0.3) is 0 Å². The molecule has 0 amide bonds. The van der Waals surface area contributed by atoms with Crippen molar-refractivity contribution < 1.29 is 9.26 Å². The standard InChI is InChI=1S/C12H19N3O2/c1-16-11(8-2-3-8)12-14-10(17-15-12)6-7-13-9-4-5-9/h8-9,11,13H,2-7H2,1H3. The molecule has 94 valence electrons. The van der Waals surface area contributed by atoms with Crippen LogP contribution in [0.15, 0.2) is 4.52 Å². The summed E-state index contributed by atoms with van der Waals surface area (Å²) in [5.41, 5.74) is 0. The fraction of sp³-hybridized carbons (Fsp3) is 0.833. The molecule has 0 radical (unpaired) electrons. The molecular formula is C12H19N3O2. The van der Waals surface area contributed by atoms with E-state index in [-0.39, 0.29) is 6.10 Å². The highest BCUT2D eigenvalue weighted by molar-refractivity contribution is 4.98. The Morgan fingerprint density at radius 3 is 2.88 bits per heavy atom. The molecule has 1 aromatic rings. The molecule has 1 unspecified atom stereocenters. The topological polar surface area (TPSA) is 60.2 Å². The molecule has 0 spiro atoms. The summed E-state index contributed by atoms with van der Waals surface area (Å²) < 4.78 is 10.7. The van der Waals surface area contributed by atoms with Gasteiger partial charge in [-0.3, -0.25) is 0 Å². The number of hydrogen-bond acceptors (Lipinski definition) is 5. The predicted octanol–water partition coefficient (Wildman–Crippen LogP) is 1.46. The molecule has 0 aliphatic heterocycles. The van der Waals surface area contributed by atoms with Crippen LogP contribution in [-0.4, -0.2) is 29.8 Å². The van der Waals surface area contributed by atoms with Crippen LogP contribution >= 0.6 is 0 Å². The van der Waals surface area contributed by atoms with Gasteiger partial charge in [-0.15, -0.1) is 0 Å². The van der Waals surface area contributed by atoms with Crippen molar-refractivity contribution >= 4 is 0 Å². The van der Waals surface area contributed by atoms with Crippen molar-refractivity contribution in [2.45, 2.75) is 44.2 Å². The van der Waals surface area contributed by atoms with Crippen molar-refractivity contribution in [1.82, 2.24) is 15.5 Å². The molecule has 1 heterocycles. The van der Waals surface area contributed by atoms with Crippen molar-refractivity contribution in [3.05, 3.63) is 11.7 Å². The second kappa shape index (κ2) is 4.74. The summed E-state index contributed by atoms with van der Waals surface area (Å²) in [6, 6.07) is 0.732. The maximum Gasteiger partial charge on any atom is 0.228 e. The summed E-state index contributed by atoms with van der Waals surface area (Å²) in [4.78, 5) is 4.42. The molecule has 2 aliphatic rings. The van der Waals surface area contributed by atoms with Crippen LogP contribution in [0.1, 0.15) is 43.5 Å². The predicted molar refractivity (Wildman–Crippen MR) is 61.5 cm³/mol. The summed E-state index contributed by atoms with van der Waals surface area (Å²) >= 11 is 0. The Morgan fingerprint density at radius 2 is 2.24 bits per heavy atom. The number of nitrogens with zero attached hydrogens (tertiary/aromatic N) is 2. The van der Waals surface area contributed by atoms with Gasteiger partial charge in [0.1, 0.15) is 6.10 Å². The first kappa shape index (κ1) is 11.2. The minimum absolute atomic E-state index is 0.0314. The lowest BCUT2D eigenvalue weighted by atomic mass is 10.2. The molecule has 2 fully saturated rings. The summed E-state index contributed by atoms with van der Waals surface area (Å²) in [6.07, 6.45) is 5.89. The van der Waals surface area contributed by atoms with E-state index < -0.39 is 0 Å². The van der Waals surface area contributed by atoms with E-state index in [4.69, 9.17) is 9.26 Å². The van der Waals surface area contributed by atoms with Gasteiger partial charge in [0.2, 0.25) is 11.7 Å². The molecule has 2 saturated carbocycles. The molecule has 0 bridgehead atoms. The minimum atomic E-state index is 0.0314. The summed E-state index contributed by atoms with van der Waals surface area (Å²) in [5, 5.41) is 7.46. The summed E-state index contributed by atoms with van der Waals surface area (Å²) in [7, 11) is 1.72. The van der Waals surface area contributed by atoms with Crippen LogP contribution in [0.3, 0.4) is 0 Å². The van der Waals surface area contributed by atoms with E-state index in [9.17, 15) is 0 Å². The second-order valence-electron chi connectivity index (χ2n) is 5.02. The van der Waals surface area contributed by atoms with Crippen molar-refractivity contribution in [2.24, 2.45) is 5.92 Å². The van der Waals surface area contributed by atoms with Crippen molar-refractivity contribution in [2.75, 3.05) is 13.7 Å². The Kier molecular flexibility index (Phi) is 3.11. The van der Waals surface area contributed by atoms with Gasteiger partial charge in [0, 0.05) is 26.1 Å². The van der Waals surface area contributed by atoms with E-state index in [0.29, 0.717) is 5.92 Å². The van der Waals surface area contributed by atoms with Crippen LogP contribution < -0.4 is 5.32 Å². The molecule has 3 rings (SSSR count). The Hall–Kier alpha value is -0.940. The van der Waals surface area contributed by atoms with Gasteiger partial charge in [-0.1, -0.05) is 5.16 Å². The van der Waals surface area contributed by atoms with E-state index in [1.165, 1.54) is 25.7 Å². The van der Waals surface area contributed by atoms with Gasteiger partial charge in [0.05, 0.1) is 0 Å². The fourth-order valence-corrected chi connectivity index (χ4v) is 2.06. The first-order valence-electron chi connectivity index (χ1n) is 6.45.